The first-order valence-corrected chi connectivity index (χ1v) is 7.77. The van der Waals surface area contributed by atoms with E-state index >= 15 is 0 Å². The molecule has 2 rings (SSSR count). The zero-order chi connectivity index (χ0) is 13.7. The number of hydrogen-bond donors (Lipinski definition) is 1. The lowest BCUT2D eigenvalue weighted by Crippen LogP contribution is -2.38. The summed E-state index contributed by atoms with van der Waals surface area (Å²) in [6.07, 6.45) is 5.32. The Hall–Kier alpha value is -0.570. The average Bonchev–Trinajstić information content (AvgIpc) is 2.33. The van der Waals surface area contributed by atoms with Crippen molar-refractivity contribution < 1.29 is 0 Å². The van der Waals surface area contributed by atoms with Crippen LogP contribution in [0.1, 0.15) is 44.2 Å². The van der Waals surface area contributed by atoms with Crippen LogP contribution in [-0.4, -0.2) is 31.1 Å². The van der Waals surface area contributed by atoms with Gasteiger partial charge in [-0.25, -0.2) is 0 Å². The second-order valence-corrected chi connectivity index (χ2v) is 5.95. The molecule has 0 radical (unpaired) electrons. The van der Waals surface area contributed by atoms with Gasteiger partial charge in [-0.15, -0.1) is 0 Å². The summed E-state index contributed by atoms with van der Waals surface area (Å²) < 4.78 is 0. The lowest BCUT2D eigenvalue weighted by atomic mass is 9.91. The first kappa shape index (κ1) is 14.8. The lowest BCUT2D eigenvalue weighted by molar-refractivity contribution is 0.153. The van der Waals surface area contributed by atoms with Crippen LogP contribution in [0.2, 0.25) is 5.02 Å². The Bertz CT molecular complexity index is 373. The summed E-state index contributed by atoms with van der Waals surface area (Å²) in [5.41, 5.74) is 1.34. The molecule has 1 saturated carbocycles. The Balaban J connectivity index is 1.89. The van der Waals surface area contributed by atoms with Gasteiger partial charge in [-0.05, 0) is 57.1 Å². The number of nitrogens with one attached hydrogen (secondary N) is 1. The van der Waals surface area contributed by atoms with Crippen LogP contribution in [0.25, 0.3) is 0 Å². The summed E-state index contributed by atoms with van der Waals surface area (Å²) in [6.45, 7) is 4.32. The fourth-order valence-electron chi connectivity index (χ4n) is 2.67. The first-order chi connectivity index (χ1) is 9.20. The fraction of sp³-hybridized carbons (Fsp3) is 0.625. The van der Waals surface area contributed by atoms with Gasteiger partial charge in [0.25, 0.3) is 0 Å². The summed E-state index contributed by atoms with van der Waals surface area (Å²) >= 11 is 5.96. The molecule has 0 saturated heterocycles. The van der Waals surface area contributed by atoms with Crippen molar-refractivity contribution in [2.24, 2.45) is 0 Å². The summed E-state index contributed by atoms with van der Waals surface area (Å²) in [5, 5.41) is 4.39. The van der Waals surface area contributed by atoms with Crippen LogP contribution in [-0.2, 0) is 0 Å². The van der Waals surface area contributed by atoms with Gasteiger partial charge in [0, 0.05) is 17.1 Å². The van der Waals surface area contributed by atoms with Crippen LogP contribution in [0.4, 0.5) is 0 Å². The van der Waals surface area contributed by atoms with E-state index in [-0.39, 0.29) is 0 Å². The van der Waals surface area contributed by atoms with Gasteiger partial charge in [-0.1, -0.05) is 37.1 Å². The molecule has 0 bridgehead atoms. The predicted molar refractivity (Wildman–Crippen MR) is 82.8 cm³/mol. The van der Waals surface area contributed by atoms with Gasteiger partial charge in [0.1, 0.15) is 0 Å². The molecule has 0 aromatic heterocycles. The highest BCUT2D eigenvalue weighted by atomic mass is 35.5. The molecule has 106 valence electrons. The molecular formula is C16H25ClN2. The van der Waals surface area contributed by atoms with Crippen LogP contribution in [0, 0.1) is 0 Å². The lowest BCUT2D eigenvalue weighted by Gasteiger charge is -2.35. The molecule has 1 fully saturated rings. The monoisotopic (exact) mass is 280 g/mol. The maximum atomic E-state index is 5.96. The number of halogens is 1. The maximum absolute atomic E-state index is 5.96. The largest absolute Gasteiger partial charge is 0.310 e. The quantitative estimate of drug-likeness (QED) is 0.816. The average molecular weight is 281 g/mol. The number of rotatable bonds is 7. The van der Waals surface area contributed by atoms with Crippen LogP contribution >= 0.6 is 11.6 Å². The molecule has 1 aromatic carbocycles. The smallest absolute Gasteiger partial charge is 0.0406 e. The standard InChI is InChI=1S/C16H25ClN2/c1-3-18-16(13-7-9-14(17)10-8-13)11-12-19(2)15-5-4-6-15/h7-10,15-16,18H,3-6,11-12H2,1-2H3. The molecule has 19 heavy (non-hydrogen) atoms. The highest BCUT2D eigenvalue weighted by Gasteiger charge is 2.22. The molecule has 1 N–H and O–H groups in total. The van der Waals surface area contributed by atoms with E-state index in [0.29, 0.717) is 6.04 Å². The third-order valence-electron chi connectivity index (χ3n) is 4.19. The van der Waals surface area contributed by atoms with Crippen molar-refractivity contribution in [1.82, 2.24) is 10.2 Å². The molecular weight excluding hydrogens is 256 g/mol. The minimum absolute atomic E-state index is 0.435. The molecule has 0 spiro atoms. The van der Waals surface area contributed by atoms with Gasteiger partial charge >= 0.3 is 0 Å². The van der Waals surface area contributed by atoms with E-state index in [2.05, 4.69) is 36.3 Å². The molecule has 2 nitrogen and oxygen atoms in total. The van der Waals surface area contributed by atoms with Gasteiger partial charge in [0.15, 0.2) is 0 Å². The van der Waals surface area contributed by atoms with E-state index in [1.165, 1.54) is 24.8 Å². The second kappa shape index (κ2) is 7.28. The molecule has 0 aliphatic heterocycles. The Labute approximate surface area is 122 Å². The van der Waals surface area contributed by atoms with Crippen LogP contribution in [0.3, 0.4) is 0 Å². The maximum Gasteiger partial charge on any atom is 0.0406 e. The number of nitrogens with zero attached hydrogens (tertiary/aromatic N) is 1. The van der Waals surface area contributed by atoms with Crippen molar-refractivity contribution in [3.63, 3.8) is 0 Å². The normalized spacial score (nSPS) is 17.5. The van der Waals surface area contributed by atoms with Crippen molar-refractivity contribution >= 4 is 11.6 Å². The minimum atomic E-state index is 0.435. The topological polar surface area (TPSA) is 15.3 Å². The van der Waals surface area contributed by atoms with Gasteiger partial charge in [-0.2, -0.15) is 0 Å². The fourth-order valence-corrected chi connectivity index (χ4v) is 2.80. The predicted octanol–water partition coefficient (Wildman–Crippen LogP) is 3.87. The second-order valence-electron chi connectivity index (χ2n) is 5.52. The number of benzene rings is 1. The third kappa shape index (κ3) is 4.20. The van der Waals surface area contributed by atoms with Crippen molar-refractivity contribution in [1.29, 1.82) is 0 Å². The van der Waals surface area contributed by atoms with Gasteiger partial charge in [0.05, 0.1) is 0 Å². The minimum Gasteiger partial charge on any atom is -0.310 e. The van der Waals surface area contributed by atoms with Gasteiger partial charge in [0.2, 0.25) is 0 Å². The summed E-state index contributed by atoms with van der Waals surface area (Å²) in [4.78, 5) is 2.52. The van der Waals surface area contributed by atoms with E-state index in [4.69, 9.17) is 11.6 Å². The Kier molecular flexibility index (Phi) is 5.68. The molecule has 1 aliphatic rings. The van der Waals surface area contributed by atoms with Crippen molar-refractivity contribution in [3.05, 3.63) is 34.9 Å². The summed E-state index contributed by atoms with van der Waals surface area (Å²) in [7, 11) is 2.26. The van der Waals surface area contributed by atoms with Crippen LogP contribution < -0.4 is 5.32 Å². The van der Waals surface area contributed by atoms with Gasteiger partial charge in [-0.3, -0.25) is 0 Å². The molecule has 1 atom stereocenters. The van der Waals surface area contributed by atoms with E-state index < -0.39 is 0 Å². The van der Waals surface area contributed by atoms with E-state index in [1.807, 2.05) is 12.1 Å². The van der Waals surface area contributed by atoms with E-state index in [9.17, 15) is 0 Å². The summed E-state index contributed by atoms with van der Waals surface area (Å²) in [6, 6.07) is 9.50. The van der Waals surface area contributed by atoms with Crippen molar-refractivity contribution in [2.75, 3.05) is 20.1 Å². The Morgan fingerprint density at radius 1 is 1.32 bits per heavy atom. The van der Waals surface area contributed by atoms with E-state index in [1.54, 1.807) is 0 Å². The van der Waals surface area contributed by atoms with Crippen LogP contribution in [0.5, 0.6) is 0 Å². The van der Waals surface area contributed by atoms with Crippen molar-refractivity contribution in [3.8, 4) is 0 Å². The Morgan fingerprint density at radius 3 is 2.53 bits per heavy atom. The number of hydrogen-bond acceptors (Lipinski definition) is 2. The highest BCUT2D eigenvalue weighted by molar-refractivity contribution is 6.30. The van der Waals surface area contributed by atoms with E-state index in [0.717, 1.165) is 30.6 Å². The molecule has 0 amide bonds. The molecule has 1 aromatic rings. The molecule has 3 heteroatoms. The third-order valence-corrected chi connectivity index (χ3v) is 4.44. The zero-order valence-electron chi connectivity index (χ0n) is 12.0. The first-order valence-electron chi connectivity index (χ1n) is 7.39. The highest BCUT2D eigenvalue weighted by Crippen LogP contribution is 2.25. The molecule has 1 aliphatic carbocycles. The summed E-state index contributed by atoms with van der Waals surface area (Å²) in [5.74, 6) is 0. The van der Waals surface area contributed by atoms with Crippen LogP contribution in [0.15, 0.2) is 24.3 Å². The molecule has 0 heterocycles. The zero-order valence-corrected chi connectivity index (χ0v) is 12.8. The van der Waals surface area contributed by atoms with Gasteiger partial charge < -0.3 is 10.2 Å². The molecule has 1 unspecified atom stereocenters. The van der Waals surface area contributed by atoms with Crippen molar-refractivity contribution in [2.45, 2.75) is 44.7 Å². The Morgan fingerprint density at radius 2 is 2.00 bits per heavy atom. The SMILES string of the molecule is CCNC(CCN(C)C1CCC1)c1ccc(Cl)cc1.